The van der Waals surface area contributed by atoms with Crippen LogP contribution >= 0.6 is 11.8 Å². The molecule has 62 valence electrons. The molecule has 0 bridgehead atoms. The van der Waals surface area contributed by atoms with Gasteiger partial charge in [-0.2, -0.15) is 5.26 Å². The number of thiocyanates is 1. The van der Waals surface area contributed by atoms with Gasteiger partial charge in [0.05, 0.1) is 0 Å². The zero-order valence-electron chi connectivity index (χ0n) is 7.51. The van der Waals surface area contributed by atoms with Gasteiger partial charge in [-0.25, -0.2) is 0 Å². The molecule has 1 aromatic rings. The Balaban J connectivity index is 3.21. The Morgan fingerprint density at radius 2 is 1.67 bits per heavy atom. The minimum atomic E-state index is 1.10. The standard InChI is InChI=1S/C10H11NS/c1-7-4-8(2)10(12-6-11)9(3)5-7/h4-5H,1-3H3. The molecule has 0 heterocycles. The van der Waals surface area contributed by atoms with Crippen molar-refractivity contribution >= 4 is 11.8 Å². The van der Waals surface area contributed by atoms with Crippen LogP contribution in [0.2, 0.25) is 0 Å². The van der Waals surface area contributed by atoms with Gasteiger partial charge >= 0.3 is 0 Å². The maximum Gasteiger partial charge on any atom is 0.138 e. The van der Waals surface area contributed by atoms with Gasteiger partial charge in [0.25, 0.3) is 0 Å². The molecule has 0 fully saturated rings. The van der Waals surface area contributed by atoms with E-state index in [9.17, 15) is 0 Å². The maximum absolute atomic E-state index is 8.55. The van der Waals surface area contributed by atoms with E-state index in [1.54, 1.807) is 0 Å². The SMILES string of the molecule is Cc1cc(C)c(SC#N)c(C)c1. The largest absolute Gasteiger partial charge is 0.185 e. The Morgan fingerprint density at radius 3 is 2.08 bits per heavy atom. The van der Waals surface area contributed by atoms with E-state index in [0.717, 1.165) is 4.90 Å². The lowest BCUT2D eigenvalue weighted by molar-refractivity contribution is 1.19. The quantitative estimate of drug-likeness (QED) is 0.486. The first-order chi connectivity index (χ1) is 5.65. The van der Waals surface area contributed by atoms with Gasteiger partial charge in [0.2, 0.25) is 0 Å². The molecule has 0 N–H and O–H groups in total. The average Bonchev–Trinajstić information content (AvgIpc) is 1.96. The number of hydrogen-bond donors (Lipinski definition) is 0. The Bertz CT molecular complexity index is 313. The summed E-state index contributed by atoms with van der Waals surface area (Å²) in [5.74, 6) is 0. The number of aryl methyl sites for hydroxylation is 3. The fourth-order valence-corrected chi connectivity index (χ4v) is 1.90. The summed E-state index contributed by atoms with van der Waals surface area (Å²) < 4.78 is 0. The Labute approximate surface area is 77.4 Å². The van der Waals surface area contributed by atoms with Crippen LogP contribution < -0.4 is 0 Å². The van der Waals surface area contributed by atoms with Crippen molar-refractivity contribution in [2.24, 2.45) is 0 Å². The molecule has 12 heavy (non-hydrogen) atoms. The number of benzene rings is 1. The average molecular weight is 177 g/mol. The summed E-state index contributed by atoms with van der Waals surface area (Å²) in [7, 11) is 0. The van der Waals surface area contributed by atoms with Gasteiger partial charge in [0.1, 0.15) is 5.40 Å². The van der Waals surface area contributed by atoms with E-state index in [1.165, 1.54) is 28.5 Å². The van der Waals surface area contributed by atoms with E-state index < -0.39 is 0 Å². The van der Waals surface area contributed by atoms with E-state index in [2.05, 4.69) is 24.5 Å². The van der Waals surface area contributed by atoms with Crippen molar-refractivity contribution in [2.75, 3.05) is 0 Å². The van der Waals surface area contributed by atoms with Gasteiger partial charge in [-0.05, 0) is 43.7 Å². The zero-order valence-corrected chi connectivity index (χ0v) is 8.33. The van der Waals surface area contributed by atoms with E-state index in [1.807, 2.05) is 13.8 Å². The van der Waals surface area contributed by atoms with E-state index in [4.69, 9.17) is 5.26 Å². The highest BCUT2D eigenvalue weighted by molar-refractivity contribution is 8.03. The Morgan fingerprint density at radius 1 is 1.17 bits per heavy atom. The van der Waals surface area contributed by atoms with Crippen LogP contribution in [0.3, 0.4) is 0 Å². The highest BCUT2D eigenvalue weighted by Gasteiger charge is 2.02. The number of thioether (sulfide) groups is 1. The van der Waals surface area contributed by atoms with Gasteiger partial charge in [-0.3, -0.25) is 0 Å². The van der Waals surface area contributed by atoms with Crippen molar-refractivity contribution < 1.29 is 0 Å². The second kappa shape index (κ2) is 3.64. The topological polar surface area (TPSA) is 23.8 Å². The van der Waals surface area contributed by atoms with Crippen molar-refractivity contribution in [3.05, 3.63) is 28.8 Å². The van der Waals surface area contributed by atoms with E-state index in [-0.39, 0.29) is 0 Å². The van der Waals surface area contributed by atoms with Crippen molar-refractivity contribution in [3.63, 3.8) is 0 Å². The van der Waals surface area contributed by atoms with Crippen molar-refractivity contribution in [2.45, 2.75) is 25.7 Å². The highest BCUT2D eigenvalue weighted by Crippen LogP contribution is 2.26. The third-order valence-electron chi connectivity index (χ3n) is 1.75. The molecule has 0 saturated carbocycles. The van der Waals surface area contributed by atoms with E-state index >= 15 is 0 Å². The maximum atomic E-state index is 8.55. The van der Waals surface area contributed by atoms with Crippen LogP contribution in [-0.4, -0.2) is 0 Å². The van der Waals surface area contributed by atoms with Gasteiger partial charge in [-0.1, -0.05) is 17.7 Å². The lowest BCUT2D eigenvalue weighted by atomic mass is 10.1. The fourth-order valence-electron chi connectivity index (χ4n) is 1.37. The molecule has 1 aromatic carbocycles. The first-order valence-electron chi connectivity index (χ1n) is 3.79. The Hall–Kier alpha value is -0.940. The van der Waals surface area contributed by atoms with Crippen molar-refractivity contribution in [3.8, 4) is 5.40 Å². The van der Waals surface area contributed by atoms with Crippen LogP contribution in [0, 0.1) is 31.4 Å². The molecule has 0 saturated heterocycles. The molecule has 2 heteroatoms. The number of nitriles is 1. The predicted molar refractivity (Wildman–Crippen MR) is 52.1 cm³/mol. The first-order valence-corrected chi connectivity index (χ1v) is 4.60. The summed E-state index contributed by atoms with van der Waals surface area (Å²) in [5.41, 5.74) is 3.64. The molecule has 0 aliphatic carbocycles. The van der Waals surface area contributed by atoms with Crippen LogP contribution in [0.5, 0.6) is 0 Å². The van der Waals surface area contributed by atoms with Crippen molar-refractivity contribution in [1.82, 2.24) is 0 Å². The first kappa shape index (κ1) is 9.15. The monoisotopic (exact) mass is 177 g/mol. The molecule has 0 aliphatic heterocycles. The molecule has 0 spiro atoms. The lowest BCUT2D eigenvalue weighted by Crippen LogP contribution is -1.85. The zero-order chi connectivity index (χ0) is 9.14. The van der Waals surface area contributed by atoms with Gasteiger partial charge in [0, 0.05) is 4.90 Å². The summed E-state index contributed by atoms with van der Waals surface area (Å²) in [5, 5.41) is 10.7. The molecular formula is C10H11NS. The molecule has 1 nitrogen and oxygen atoms in total. The summed E-state index contributed by atoms with van der Waals surface area (Å²) in [6.45, 7) is 6.15. The molecular weight excluding hydrogens is 166 g/mol. The molecule has 0 radical (unpaired) electrons. The van der Waals surface area contributed by atoms with Gasteiger partial charge in [-0.15, -0.1) is 0 Å². The smallest absolute Gasteiger partial charge is 0.138 e. The van der Waals surface area contributed by atoms with E-state index in [0.29, 0.717) is 0 Å². The summed E-state index contributed by atoms with van der Waals surface area (Å²) in [6.07, 6.45) is 0. The highest BCUT2D eigenvalue weighted by atomic mass is 32.2. The van der Waals surface area contributed by atoms with Gasteiger partial charge < -0.3 is 0 Å². The fraction of sp³-hybridized carbons (Fsp3) is 0.300. The molecule has 0 amide bonds. The second-order valence-electron chi connectivity index (χ2n) is 2.92. The predicted octanol–water partition coefficient (Wildman–Crippen LogP) is 3.19. The number of nitrogens with zero attached hydrogens (tertiary/aromatic N) is 1. The third-order valence-corrected chi connectivity index (χ3v) is 2.69. The van der Waals surface area contributed by atoms with Crippen LogP contribution in [-0.2, 0) is 0 Å². The van der Waals surface area contributed by atoms with Crippen LogP contribution in [0.25, 0.3) is 0 Å². The van der Waals surface area contributed by atoms with Crippen molar-refractivity contribution in [1.29, 1.82) is 5.26 Å². The van der Waals surface area contributed by atoms with Crippen LogP contribution in [0.15, 0.2) is 17.0 Å². The minimum absolute atomic E-state index is 1.10. The lowest BCUT2D eigenvalue weighted by Gasteiger charge is -2.05. The normalized spacial score (nSPS) is 9.50. The number of rotatable bonds is 1. The number of hydrogen-bond acceptors (Lipinski definition) is 2. The molecule has 0 aliphatic rings. The third kappa shape index (κ3) is 1.80. The molecule has 0 atom stereocenters. The second-order valence-corrected chi connectivity index (χ2v) is 3.72. The summed E-state index contributed by atoms with van der Waals surface area (Å²) >= 11 is 1.24. The van der Waals surface area contributed by atoms with Gasteiger partial charge in [0.15, 0.2) is 0 Å². The van der Waals surface area contributed by atoms with Crippen LogP contribution in [0.4, 0.5) is 0 Å². The van der Waals surface area contributed by atoms with Crippen LogP contribution in [0.1, 0.15) is 16.7 Å². The molecule has 1 rings (SSSR count). The minimum Gasteiger partial charge on any atom is -0.185 e. The summed E-state index contributed by atoms with van der Waals surface area (Å²) in [4.78, 5) is 1.10. The molecule has 0 unspecified atom stereocenters. The summed E-state index contributed by atoms with van der Waals surface area (Å²) in [6, 6.07) is 4.21. The molecule has 0 aromatic heterocycles. The Kier molecular flexibility index (Phi) is 2.78.